The van der Waals surface area contributed by atoms with Crippen LogP contribution >= 0.6 is 11.6 Å². The molecule has 0 aliphatic rings. The molecule has 1 aromatic carbocycles. The third-order valence-electron chi connectivity index (χ3n) is 2.45. The minimum Gasteiger partial charge on any atom is -0.491 e. The van der Waals surface area contributed by atoms with Crippen LogP contribution in [0.5, 0.6) is 5.75 Å². The highest BCUT2D eigenvalue weighted by molar-refractivity contribution is 6.31. The zero-order valence-electron chi connectivity index (χ0n) is 12.0. The van der Waals surface area contributed by atoms with Crippen LogP contribution in [0.2, 0.25) is 5.02 Å². The van der Waals surface area contributed by atoms with E-state index < -0.39 is 0 Å². The highest BCUT2D eigenvalue weighted by Gasteiger charge is 2.11. The summed E-state index contributed by atoms with van der Waals surface area (Å²) in [4.78, 5) is 11.9. The van der Waals surface area contributed by atoms with Crippen LogP contribution in [0.15, 0.2) is 18.2 Å². The Labute approximate surface area is 124 Å². The zero-order valence-corrected chi connectivity index (χ0v) is 12.8. The first-order chi connectivity index (χ1) is 9.56. The van der Waals surface area contributed by atoms with Gasteiger partial charge in [0.1, 0.15) is 5.75 Å². The molecule has 6 heteroatoms. The van der Waals surface area contributed by atoms with E-state index in [0.29, 0.717) is 29.7 Å². The van der Waals surface area contributed by atoms with E-state index in [2.05, 4.69) is 10.6 Å². The van der Waals surface area contributed by atoms with Gasteiger partial charge in [0.25, 0.3) is 0 Å². The number of anilines is 1. The van der Waals surface area contributed by atoms with Crippen molar-refractivity contribution in [2.24, 2.45) is 0 Å². The standard InChI is InChI=1S/C14H21ClN2O3/c1-4-7-20-13-6-5-11(15)8-12(13)17-14(18)16-10(2)9-19-3/h5-6,8,10H,4,7,9H2,1-3H3,(H2,16,17,18). The molecule has 0 aliphatic carbocycles. The summed E-state index contributed by atoms with van der Waals surface area (Å²) in [6.45, 7) is 4.90. The van der Waals surface area contributed by atoms with Crippen molar-refractivity contribution < 1.29 is 14.3 Å². The van der Waals surface area contributed by atoms with E-state index in [-0.39, 0.29) is 12.1 Å². The van der Waals surface area contributed by atoms with Gasteiger partial charge in [0, 0.05) is 12.1 Å². The van der Waals surface area contributed by atoms with E-state index in [1.807, 2.05) is 13.8 Å². The third-order valence-corrected chi connectivity index (χ3v) is 2.68. The molecule has 20 heavy (non-hydrogen) atoms. The molecule has 112 valence electrons. The minimum atomic E-state index is -0.321. The number of halogens is 1. The lowest BCUT2D eigenvalue weighted by Gasteiger charge is -2.16. The number of carbonyl (C=O) groups is 1. The third kappa shape index (κ3) is 5.67. The molecule has 0 aliphatic heterocycles. The fourth-order valence-corrected chi connectivity index (χ4v) is 1.78. The first-order valence-corrected chi connectivity index (χ1v) is 6.93. The van der Waals surface area contributed by atoms with Crippen LogP contribution in [0.3, 0.4) is 0 Å². The van der Waals surface area contributed by atoms with Gasteiger partial charge < -0.3 is 20.1 Å². The molecule has 0 aromatic heterocycles. The van der Waals surface area contributed by atoms with Gasteiger partial charge in [-0.05, 0) is 31.5 Å². The van der Waals surface area contributed by atoms with Crippen molar-refractivity contribution in [3.8, 4) is 5.75 Å². The van der Waals surface area contributed by atoms with Gasteiger partial charge in [-0.2, -0.15) is 0 Å². The van der Waals surface area contributed by atoms with Crippen molar-refractivity contribution in [2.45, 2.75) is 26.3 Å². The van der Waals surface area contributed by atoms with Gasteiger partial charge in [-0.1, -0.05) is 18.5 Å². The smallest absolute Gasteiger partial charge is 0.319 e. The first-order valence-electron chi connectivity index (χ1n) is 6.55. The topological polar surface area (TPSA) is 59.6 Å². The molecular formula is C14H21ClN2O3. The number of rotatable bonds is 7. The number of benzene rings is 1. The Morgan fingerprint density at radius 1 is 1.45 bits per heavy atom. The average molecular weight is 301 g/mol. The molecule has 0 saturated heterocycles. The number of nitrogens with one attached hydrogen (secondary N) is 2. The van der Waals surface area contributed by atoms with Crippen molar-refractivity contribution in [2.75, 3.05) is 25.6 Å². The maximum atomic E-state index is 11.9. The molecule has 1 rings (SSSR count). The van der Waals surface area contributed by atoms with E-state index >= 15 is 0 Å². The van der Waals surface area contributed by atoms with E-state index in [0.717, 1.165) is 6.42 Å². The average Bonchev–Trinajstić information content (AvgIpc) is 2.37. The molecule has 0 radical (unpaired) electrons. The molecular weight excluding hydrogens is 280 g/mol. The lowest BCUT2D eigenvalue weighted by atomic mass is 10.3. The van der Waals surface area contributed by atoms with Crippen LogP contribution in [-0.2, 0) is 4.74 Å². The maximum Gasteiger partial charge on any atom is 0.319 e. The Kier molecular flexibility index (Phi) is 7.18. The lowest BCUT2D eigenvalue weighted by Crippen LogP contribution is -2.38. The highest BCUT2D eigenvalue weighted by atomic mass is 35.5. The second-order valence-electron chi connectivity index (χ2n) is 4.44. The van der Waals surface area contributed by atoms with Gasteiger partial charge in [0.15, 0.2) is 0 Å². The summed E-state index contributed by atoms with van der Waals surface area (Å²) in [5.41, 5.74) is 0.549. The van der Waals surface area contributed by atoms with Gasteiger partial charge in [-0.15, -0.1) is 0 Å². The minimum absolute atomic E-state index is 0.0841. The molecule has 0 bridgehead atoms. The number of hydrogen-bond donors (Lipinski definition) is 2. The number of ether oxygens (including phenoxy) is 2. The number of amides is 2. The molecule has 2 N–H and O–H groups in total. The van der Waals surface area contributed by atoms with Crippen molar-refractivity contribution in [3.05, 3.63) is 23.2 Å². The predicted octanol–water partition coefficient (Wildman–Crippen LogP) is 3.29. The van der Waals surface area contributed by atoms with E-state index in [1.54, 1.807) is 25.3 Å². The summed E-state index contributed by atoms with van der Waals surface area (Å²) in [6.07, 6.45) is 0.888. The predicted molar refractivity (Wildman–Crippen MR) is 80.7 cm³/mol. The van der Waals surface area contributed by atoms with Crippen molar-refractivity contribution in [1.29, 1.82) is 0 Å². The van der Waals surface area contributed by atoms with Gasteiger partial charge in [0.2, 0.25) is 0 Å². The number of hydrogen-bond acceptors (Lipinski definition) is 3. The van der Waals surface area contributed by atoms with Crippen LogP contribution in [0, 0.1) is 0 Å². The second kappa shape index (κ2) is 8.66. The second-order valence-corrected chi connectivity index (χ2v) is 4.88. The van der Waals surface area contributed by atoms with Crippen LogP contribution < -0.4 is 15.4 Å². The quantitative estimate of drug-likeness (QED) is 0.812. The Bertz CT molecular complexity index is 440. The van der Waals surface area contributed by atoms with E-state index in [4.69, 9.17) is 21.1 Å². The number of urea groups is 1. The molecule has 1 aromatic rings. The number of carbonyl (C=O) groups excluding carboxylic acids is 1. The maximum absolute atomic E-state index is 11.9. The molecule has 1 unspecified atom stereocenters. The summed E-state index contributed by atoms with van der Waals surface area (Å²) in [5, 5.41) is 6.03. The summed E-state index contributed by atoms with van der Waals surface area (Å²) < 4.78 is 10.5. The van der Waals surface area contributed by atoms with E-state index in [9.17, 15) is 4.79 Å². The Hall–Kier alpha value is -1.46. The van der Waals surface area contributed by atoms with Gasteiger partial charge in [0.05, 0.1) is 24.9 Å². The van der Waals surface area contributed by atoms with Crippen molar-refractivity contribution in [3.63, 3.8) is 0 Å². The summed E-state index contributed by atoms with van der Waals surface area (Å²) >= 11 is 5.94. The first kappa shape index (κ1) is 16.6. The Morgan fingerprint density at radius 2 is 2.20 bits per heavy atom. The Balaban J connectivity index is 2.69. The van der Waals surface area contributed by atoms with Crippen LogP contribution in [0.1, 0.15) is 20.3 Å². The summed E-state index contributed by atoms with van der Waals surface area (Å²) in [6, 6.07) is 4.72. The molecule has 0 spiro atoms. The van der Waals surface area contributed by atoms with Crippen LogP contribution in [0.4, 0.5) is 10.5 Å². The summed E-state index contributed by atoms with van der Waals surface area (Å²) in [5.74, 6) is 0.603. The van der Waals surface area contributed by atoms with Crippen molar-refractivity contribution in [1.82, 2.24) is 5.32 Å². The molecule has 0 fully saturated rings. The molecule has 1 atom stereocenters. The molecule has 2 amide bonds. The van der Waals surface area contributed by atoms with Crippen LogP contribution in [0.25, 0.3) is 0 Å². The van der Waals surface area contributed by atoms with Gasteiger partial charge in [-0.3, -0.25) is 0 Å². The largest absolute Gasteiger partial charge is 0.491 e. The van der Waals surface area contributed by atoms with E-state index in [1.165, 1.54) is 0 Å². The Morgan fingerprint density at radius 3 is 2.85 bits per heavy atom. The summed E-state index contributed by atoms with van der Waals surface area (Å²) in [7, 11) is 1.59. The normalized spacial score (nSPS) is 11.8. The fraction of sp³-hybridized carbons (Fsp3) is 0.500. The molecule has 5 nitrogen and oxygen atoms in total. The van der Waals surface area contributed by atoms with Gasteiger partial charge >= 0.3 is 6.03 Å². The van der Waals surface area contributed by atoms with Crippen LogP contribution in [-0.4, -0.2) is 32.4 Å². The monoisotopic (exact) mass is 300 g/mol. The SMILES string of the molecule is CCCOc1ccc(Cl)cc1NC(=O)NC(C)COC. The molecule has 0 saturated carbocycles. The highest BCUT2D eigenvalue weighted by Crippen LogP contribution is 2.28. The number of methoxy groups -OCH3 is 1. The zero-order chi connectivity index (χ0) is 15.0. The molecule has 0 heterocycles. The van der Waals surface area contributed by atoms with Crippen molar-refractivity contribution >= 4 is 23.3 Å². The fourth-order valence-electron chi connectivity index (χ4n) is 1.61. The van der Waals surface area contributed by atoms with Gasteiger partial charge in [-0.25, -0.2) is 4.79 Å². The lowest BCUT2D eigenvalue weighted by molar-refractivity contribution is 0.173.